The Kier molecular flexibility index (Phi) is 4.16. The average Bonchev–Trinajstić information content (AvgIpc) is 2.28. The van der Waals surface area contributed by atoms with Crippen molar-refractivity contribution < 1.29 is 52.6 Å². The molecule has 0 aromatic rings. The number of alkyl halides is 3. The first kappa shape index (κ1) is 13.5. The molecule has 0 saturated carbocycles. The fourth-order valence-electron chi connectivity index (χ4n) is 0.835. The molecule has 0 fully saturated rings. The summed E-state index contributed by atoms with van der Waals surface area (Å²) in [5.74, 6) is -2.40. The summed E-state index contributed by atoms with van der Waals surface area (Å²) in [6.07, 6.45) is -4.72. The molecule has 1 aliphatic rings. The predicted octanol–water partition coefficient (Wildman–Crippen LogP) is -3.38. The van der Waals surface area contributed by atoms with Gasteiger partial charge in [-0.15, -0.1) is 6.26 Å². The van der Waals surface area contributed by atoms with Crippen molar-refractivity contribution in [2.24, 2.45) is 4.99 Å². The van der Waals surface area contributed by atoms with Crippen molar-refractivity contribution >= 4 is 11.7 Å². The zero-order chi connectivity index (χ0) is 10.2. The maximum absolute atomic E-state index is 12.0. The predicted molar refractivity (Wildman–Crippen MR) is 34.3 cm³/mol. The number of carbonyl (C=O) groups is 1. The molecule has 0 aliphatic carbocycles. The van der Waals surface area contributed by atoms with E-state index >= 15 is 0 Å². The molecule has 1 heterocycles. The molecule has 0 aromatic heterocycles. The average molecular weight is 216 g/mol. The van der Waals surface area contributed by atoms with Gasteiger partial charge in [-0.2, -0.15) is 13.2 Å². The number of amides is 1. The van der Waals surface area contributed by atoms with Crippen molar-refractivity contribution in [3.05, 3.63) is 12.0 Å². The van der Waals surface area contributed by atoms with E-state index in [0.29, 0.717) is 4.90 Å². The van der Waals surface area contributed by atoms with Gasteiger partial charge < -0.3 is 5.11 Å². The van der Waals surface area contributed by atoms with Crippen molar-refractivity contribution in [2.45, 2.75) is 6.18 Å². The molecule has 0 unspecified atom stereocenters. The summed E-state index contributed by atoms with van der Waals surface area (Å²) in [5.41, 5.74) is -0.727. The van der Waals surface area contributed by atoms with Gasteiger partial charge in [0.05, 0.1) is 0 Å². The summed E-state index contributed by atoms with van der Waals surface area (Å²) in [4.78, 5) is 14.0. The minimum absolute atomic E-state index is 0. The molecule has 0 saturated heterocycles. The Bertz CT molecular complexity index is 311. The Balaban J connectivity index is 0.00000169. The van der Waals surface area contributed by atoms with E-state index in [1.807, 2.05) is 0 Å². The van der Waals surface area contributed by atoms with E-state index in [1.54, 1.807) is 0 Å². The molecular formula is C6H4F3N2NaO2. The molecule has 0 atom stereocenters. The quantitative estimate of drug-likeness (QED) is 0.241. The van der Waals surface area contributed by atoms with Gasteiger partial charge in [0.25, 0.3) is 5.91 Å². The topological polar surface area (TPSA) is 55.7 Å². The molecular weight excluding hydrogens is 212 g/mol. The number of carbonyl (C=O) groups excluding carboxylic acids is 1. The first-order chi connectivity index (χ1) is 5.88. The Morgan fingerprint density at radius 2 is 2.00 bits per heavy atom. The van der Waals surface area contributed by atoms with Crippen molar-refractivity contribution in [3.63, 3.8) is 0 Å². The molecule has 14 heavy (non-hydrogen) atoms. The summed E-state index contributed by atoms with van der Waals surface area (Å²) < 4.78 is 36.1. The third-order valence-corrected chi connectivity index (χ3v) is 1.43. The van der Waals surface area contributed by atoms with E-state index in [-0.39, 0.29) is 35.8 Å². The van der Waals surface area contributed by atoms with Crippen LogP contribution in [0.15, 0.2) is 17.0 Å². The van der Waals surface area contributed by atoms with Crippen molar-refractivity contribution in [2.75, 3.05) is 7.05 Å². The maximum Gasteiger partial charge on any atom is 1.00 e. The Morgan fingerprint density at radius 1 is 1.50 bits per heavy atom. The molecule has 0 spiro atoms. The van der Waals surface area contributed by atoms with Crippen LogP contribution in [0.2, 0.25) is 0 Å². The first-order valence-corrected chi connectivity index (χ1v) is 3.14. The molecule has 4 nitrogen and oxygen atoms in total. The molecule has 0 aromatic carbocycles. The first-order valence-electron chi connectivity index (χ1n) is 3.14. The second-order valence-electron chi connectivity index (χ2n) is 2.30. The Morgan fingerprint density at radius 3 is 2.21 bits per heavy atom. The van der Waals surface area contributed by atoms with Gasteiger partial charge in [0, 0.05) is 7.05 Å². The molecule has 72 valence electrons. The Hall–Kier alpha value is -0.530. The number of likely N-dealkylation sites (N-methyl/N-ethyl adjacent to an activating group) is 1. The monoisotopic (exact) mass is 216 g/mol. The van der Waals surface area contributed by atoms with Crippen molar-refractivity contribution in [1.29, 1.82) is 0 Å². The molecule has 0 radical (unpaired) electrons. The summed E-state index contributed by atoms with van der Waals surface area (Å²) >= 11 is 0. The Labute approximate surface area is 99.4 Å². The normalized spacial score (nSPS) is 19.7. The largest absolute Gasteiger partial charge is 1.00 e. The molecule has 1 rings (SSSR count). The van der Waals surface area contributed by atoms with Gasteiger partial charge >= 0.3 is 35.7 Å². The van der Waals surface area contributed by atoms with Gasteiger partial charge in [-0.05, 0) is 0 Å². The smallest absolute Gasteiger partial charge is 0.876 e. The number of rotatable bonds is 0. The van der Waals surface area contributed by atoms with Gasteiger partial charge in [0.2, 0.25) is 5.84 Å². The second-order valence-corrected chi connectivity index (χ2v) is 2.30. The van der Waals surface area contributed by atoms with Gasteiger partial charge in [-0.25, -0.2) is 4.99 Å². The number of nitrogens with zero attached hydrogens (tertiary/aromatic N) is 2. The van der Waals surface area contributed by atoms with Crippen LogP contribution in [0.3, 0.4) is 0 Å². The van der Waals surface area contributed by atoms with Crippen LogP contribution >= 0.6 is 0 Å². The van der Waals surface area contributed by atoms with Gasteiger partial charge in [-0.1, -0.05) is 0 Å². The van der Waals surface area contributed by atoms with E-state index in [9.17, 15) is 23.1 Å². The van der Waals surface area contributed by atoms with Crippen LogP contribution in [0, 0.1) is 0 Å². The number of amidine groups is 1. The fourth-order valence-corrected chi connectivity index (χ4v) is 0.835. The maximum atomic E-state index is 12.0. The van der Waals surface area contributed by atoms with Crippen LogP contribution in [-0.2, 0) is 4.79 Å². The second kappa shape index (κ2) is 4.33. The minimum Gasteiger partial charge on any atom is -0.876 e. The number of hydrogen-bond donors (Lipinski definition) is 0. The molecule has 0 bridgehead atoms. The van der Waals surface area contributed by atoms with Crippen LogP contribution in [0.1, 0.15) is 0 Å². The molecule has 1 aliphatic heterocycles. The summed E-state index contributed by atoms with van der Waals surface area (Å²) in [5, 5.41) is 10.1. The molecule has 1 amide bonds. The molecule has 8 heteroatoms. The van der Waals surface area contributed by atoms with Crippen LogP contribution < -0.4 is 34.7 Å². The van der Waals surface area contributed by atoms with Crippen molar-refractivity contribution in [1.82, 2.24) is 4.90 Å². The van der Waals surface area contributed by atoms with E-state index < -0.39 is 23.6 Å². The van der Waals surface area contributed by atoms with Crippen LogP contribution in [0.4, 0.5) is 13.2 Å². The van der Waals surface area contributed by atoms with Gasteiger partial charge in [0.15, 0.2) is 0 Å². The van der Waals surface area contributed by atoms with E-state index in [1.165, 1.54) is 0 Å². The van der Waals surface area contributed by atoms with Crippen molar-refractivity contribution in [3.8, 4) is 0 Å². The van der Waals surface area contributed by atoms with Crippen LogP contribution in [-0.4, -0.2) is 29.9 Å². The third kappa shape index (κ3) is 2.28. The zero-order valence-electron chi connectivity index (χ0n) is 7.42. The van der Waals surface area contributed by atoms with E-state index in [0.717, 1.165) is 7.05 Å². The van der Waals surface area contributed by atoms with E-state index in [4.69, 9.17) is 0 Å². The summed E-state index contributed by atoms with van der Waals surface area (Å²) in [6, 6.07) is 0. The standard InChI is InChI=1S/C6H5F3N2O2.Na/c1-11-4(13)3(2-12)10-5(11)6(7,8)9;/h2,12H,1H3;/q;+1/p-1/b3-2-;. The molecule has 0 N–H and O–H groups in total. The minimum atomic E-state index is -4.71. The number of aliphatic imine (C=N–C) groups is 1. The van der Waals surface area contributed by atoms with Crippen LogP contribution in [0.5, 0.6) is 0 Å². The van der Waals surface area contributed by atoms with Gasteiger partial charge in [-0.3, -0.25) is 9.69 Å². The van der Waals surface area contributed by atoms with E-state index in [2.05, 4.69) is 4.99 Å². The van der Waals surface area contributed by atoms with Crippen LogP contribution in [0.25, 0.3) is 0 Å². The van der Waals surface area contributed by atoms with Gasteiger partial charge in [0.1, 0.15) is 5.70 Å². The zero-order valence-corrected chi connectivity index (χ0v) is 9.42. The summed E-state index contributed by atoms with van der Waals surface area (Å²) in [6.45, 7) is 0. The summed E-state index contributed by atoms with van der Waals surface area (Å²) in [7, 11) is 0.908. The number of hydrogen-bond acceptors (Lipinski definition) is 3. The number of halogens is 3. The SMILES string of the molecule is CN1C(=O)/C(=C/[O-])N=C1C(F)(F)F.[Na+]. The fraction of sp³-hybridized carbons (Fsp3) is 0.333. The third-order valence-electron chi connectivity index (χ3n) is 1.43.